The molecule has 0 spiro atoms. The van der Waals surface area contributed by atoms with Gasteiger partial charge in [-0.15, -0.1) is 69.1 Å². The molecule has 0 unspecified atom stereocenters. The maximum atomic E-state index is 9.57. The van der Waals surface area contributed by atoms with Gasteiger partial charge in [0, 0.05) is 0 Å². The predicted molar refractivity (Wildman–Crippen MR) is 238 cm³/mol. The average molecular weight is 820 g/mol. The van der Waals surface area contributed by atoms with Crippen LogP contribution in [-0.2, 0) is 34.2 Å². The summed E-state index contributed by atoms with van der Waals surface area (Å²) in [5.41, 5.74) is 10.1. The van der Waals surface area contributed by atoms with E-state index in [1.807, 2.05) is 38.1 Å². The van der Waals surface area contributed by atoms with E-state index in [0.29, 0.717) is 23.3 Å². The van der Waals surface area contributed by atoms with Gasteiger partial charge in [0.15, 0.2) is 0 Å². The molecule has 0 amide bonds. The Hall–Kier alpha value is -3.20. The summed E-state index contributed by atoms with van der Waals surface area (Å²) in [5.74, 6) is 2.03. The quantitative estimate of drug-likeness (QED) is 0.135. The van der Waals surface area contributed by atoms with Crippen molar-refractivity contribution in [3.8, 4) is 11.5 Å². The number of rotatable bonds is 2. The van der Waals surface area contributed by atoms with Gasteiger partial charge in [-0.3, -0.25) is 0 Å². The number of hydrogen-bond acceptors (Lipinski definition) is 2. The van der Waals surface area contributed by atoms with E-state index in [0.717, 1.165) is 11.1 Å². The van der Waals surface area contributed by atoms with Crippen molar-refractivity contribution in [2.75, 3.05) is 0 Å². The van der Waals surface area contributed by atoms with E-state index in [4.69, 9.17) is 0 Å². The first-order valence-corrected chi connectivity index (χ1v) is 22.5. The molecule has 4 heteroatoms. The molecule has 0 aliphatic heterocycles. The molecule has 0 heterocycles. The summed E-state index contributed by atoms with van der Waals surface area (Å²) >= 11 is 1.36. The minimum atomic E-state index is 0. The normalized spacial score (nSPS) is 10.7. The standard InChI is InChI=1S/2C13H15.2C11H16O.2CH3.Si.Zr/c2*1-9(2)12-6-4-5-11-7-10(3)8-13(11)12;2*1-8-5-6-10(12)9(7-8)11(2,3)4;;;;/h2*4-9H,1-3H3;2*5-7,12H,1-4H3;2*1H3;;/q2*-1;;;2*-1;;. The third-order valence-corrected chi connectivity index (χ3v) is 9.02. The summed E-state index contributed by atoms with van der Waals surface area (Å²) in [6.45, 7) is 33.0. The zero-order valence-electron chi connectivity index (χ0n) is 36.3. The van der Waals surface area contributed by atoms with E-state index in [1.165, 1.54) is 78.3 Å². The SMILES string of the molecule is Cc1cc2c(C(C)C)cccc2[cH-]1.Cc1cc2c(C(C)C)cccc2[cH-]1.Cc1ccc(O)c(C(C)(C)C)c1.Cc1ccc(O)c(C(C)(C)C)c1.[CH3-].[CH3-].[Si]=[Zr]. The monoisotopic (exact) mass is 818 g/mol. The molecule has 292 valence electrons. The Morgan fingerprint density at radius 1 is 0.519 bits per heavy atom. The molecular formula is C50H68O2SiZr-4. The maximum absolute atomic E-state index is 9.57. The van der Waals surface area contributed by atoms with Gasteiger partial charge in [0.25, 0.3) is 0 Å². The molecule has 0 atom stereocenters. The molecule has 2 nitrogen and oxygen atoms in total. The average Bonchev–Trinajstić information content (AvgIpc) is 3.64. The zero-order chi connectivity index (χ0) is 39.6. The third kappa shape index (κ3) is 14.8. The Bertz CT molecular complexity index is 1870. The first-order chi connectivity index (χ1) is 24.2. The van der Waals surface area contributed by atoms with Gasteiger partial charge in [-0.25, -0.2) is 0 Å². The summed E-state index contributed by atoms with van der Waals surface area (Å²) in [7, 11) is 0. The fraction of sp³-hybridized carbons (Fsp3) is 0.360. The third-order valence-electron chi connectivity index (χ3n) is 9.02. The van der Waals surface area contributed by atoms with Crippen molar-refractivity contribution >= 4 is 28.4 Å². The molecule has 6 aromatic carbocycles. The number of phenols is 2. The molecule has 0 aromatic heterocycles. The molecule has 54 heavy (non-hydrogen) atoms. The number of aryl methyl sites for hydroxylation is 4. The summed E-state index contributed by atoms with van der Waals surface area (Å²) in [6, 6.07) is 33.6. The number of fused-ring (bicyclic) bond motifs is 2. The predicted octanol–water partition coefficient (Wildman–Crippen LogP) is 14.5. The van der Waals surface area contributed by atoms with Gasteiger partial charge in [-0.1, -0.05) is 142 Å². The van der Waals surface area contributed by atoms with Crippen molar-refractivity contribution in [1.82, 2.24) is 0 Å². The summed E-state index contributed by atoms with van der Waals surface area (Å²) in [4.78, 5) is 0. The second-order valence-electron chi connectivity index (χ2n) is 16.6. The van der Waals surface area contributed by atoms with Gasteiger partial charge in [0.1, 0.15) is 11.5 Å². The van der Waals surface area contributed by atoms with Crippen molar-refractivity contribution < 1.29 is 33.5 Å². The van der Waals surface area contributed by atoms with E-state index in [1.54, 1.807) is 12.1 Å². The molecule has 0 aliphatic rings. The second kappa shape index (κ2) is 22.4. The number of phenolic OH excluding ortho intramolecular Hbond substituents is 2. The van der Waals surface area contributed by atoms with Crippen molar-refractivity contribution in [1.29, 1.82) is 0 Å². The summed E-state index contributed by atoms with van der Waals surface area (Å²) < 4.78 is 0. The first kappa shape index (κ1) is 50.8. The summed E-state index contributed by atoms with van der Waals surface area (Å²) in [6.07, 6.45) is 0. The van der Waals surface area contributed by atoms with Crippen LogP contribution in [0, 0.1) is 42.5 Å². The molecule has 0 fully saturated rings. The minimum absolute atomic E-state index is 0. The van der Waals surface area contributed by atoms with Crippen LogP contribution >= 0.6 is 0 Å². The van der Waals surface area contributed by atoms with E-state index >= 15 is 0 Å². The fourth-order valence-electron chi connectivity index (χ4n) is 6.33. The van der Waals surface area contributed by atoms with Gasteiger partial charge in [0.05, 0.1) is 0 Å². The molecule has 2 N–H and O–H groups in total. The van der Waals surface area contributed by atoms with E-state index in [2.05, 4.69) is 151 Å². The molecule has 6 aromatic rings. The van der Waals surface area contributed by atoms with Crippen LogP contribution in [0.25, 0.3) is 21.5 Å². The van der Waals surface area contributed by atoms with Crippen LogP contribution in [0.5, 0.6) is 11.5 Å². The van der Waals surface area contributed by atoms with Crippen LogP contribution in [0.1, 0.15) is 126 Å². The van der Waals surface area contributed by atoms with Gasteiger partial charge < -0.3 is 25.1 Å². The Kier molecular flexibility index (Phi) is 21.1. The molecule has 6 rings (SSSR count). The Morgan fingerprint density at radius 3 is 1.09 bits per heavy atom. The zero-order valence-corrected chi connectivity index (χ0v) is 39.7. The molecule has 0 saturated heterocycles. The van der Waals surface area contributed by atoms with E-state index in [9.17, 15) is 10.2 Å². The van der Waals surface area contributed by atoms with E-state index in [-0.39, 0.29) is 25.7 Å². The molecule has 0 bridgehead atoms. The second-order valence-corrected chi connectivity index (χ2v) is 16.6. The van der Waals surface area contributed by atoms with Gasteiger partial charge in [-0.2, -0.15) is 12.1 Å². The van der Waals surface area contributed by atoms with Crippen LogP contribution in [0.4, 0.5) is 0 Å². The van der Waals surface area contributed by atoms with Crippen LogP contribution in [0.3, 0.4) is 0 Å². The molecule has 0 saturated carbocycles. The Balaban J connectivity index is 0.000000675. The first-order valence-electron chi connectivity index (χ1n) is 18.4. The van der Waals surface area contributed by atoms with Crippen molar-refractivity contribution in [2.45, 2.75) is 120 Å². The van der Waals surface area contributed by atoms with Crippen LogP contribution in [-0.4, -0.2) is 17.1 Å². The van der Waals surface area contributed by atoms with Crippen molar-refractivity contribution in [3.05, 3.63) is 156 Å². The number of hydrogen-bond donors (Lipinski definition) is 2. The number of benzene rings is 4. The van der Waals surface area contributed by atoms with Gasteiger partial charge in [-0.05, 0) is 59.8 Å². The Morgan fingerprint density at radius 2 is 0.833 bits per heavy atom. The Labute approximate surface area is 347 Å². The van der Waals surface area contributed by atoms with Crippen molar-refractivity contribution in [2.24, 2.45) is 0 Å². The van der Waals surface area contributed by atoms with Gasteiger partial charge in [0.2, 0.25) is 0 Å². The van der Waals surface area contributed by atoms with Gasteiger partial charge >= 0.3 is 30.2 Å². The topological polar surface area (TPSA) is 40.5 Å². The van der Waals surface area contributed by atoms with Crippen LogP contribution < -0.4 is 0 Å². The molecular weight excluding hydrogens is 752 g/mol. The summed E-state index contributed by atoms with van der Waals surface area (Å²) in [5, 5.41) is 24.7. The number of aromatic hydroxyl groups is 2. The molecule has 0 aliphatic carbocycles. The fourth-order valence-corrected chi connectivity index (χ4v) is 6.33. The van der Waals surface area contributed by atoms with Crippen molar-refractivity contribution in [3.63, 3.8) is 0 Å². The van der Waals surface area contributed by atoms with Crippen LogP contribution in [0.15, 0.2) is 97.1 Å². The van der Waals surface area contributed by atoms with E-state index < -0.39 is 0 Å². The molecule has 2 radical (unpaired) electrons. The van der Waals surface area contributed by atoms with Crippen LogP contribution in [0.2, 0.25) is 0 Å².